The molecule has 1 aromatic rings. The minimum absolute atomic E-state index is 0.642. The Labute approximate surface area is 101 Å². The van der Waals surface area contributed by atoms with Gasteiger partial charge in [-0.1, -0.05) is 63.8 Å². The van der Waals surface area contributed by atoms with Crippen molar-refractivity contribution < 1.29 is 0 Å². The molecule has 1 aromatic carbocycles. The summed E-state index contributed by atoms with van der Waals surface area (Å²) in [5.41, 5.74) is 2.13. The van der Waals surface area contributed by atoms with Crippen LogP contribution in [0, 0.1) is 0 Å². The average Bonchev–Trinajstić information content (AvgIpc) is 2.25. The summed E-state index contributed by atoms with van der Waals surface area (Å²) in [6.07, 6.45) is 0. The molecular weight excluding hydrogens is 210 g/mol. The van der Waals surface area contributed by atoms with Crippen molar-refractivity contribution in [1.29, 1.82) is 0 Å². The van der Waals surface area contributed by atoms with Crippen LogP contribution in [0.15, 0.2) is 30.3 Å². The van der Waals surface area contributed by atoms with E-state index < -0.39 is 8.07 Å². The number of hydrogen-bond donors (Lipinski definition) is 0. The van der Waals surface area contributed by atoms with Crippen molar-refractivity contribution in [3.05, 3.63) is 35.9 Å². The van der Waals surface area contributed by atoms with Gasteiger partial charge in [0.1, 0.15) is 0 Å². The van der Waals surface area contributed by atoms with Crippen LogP contribution in [0.25, 0.3) is 0 Å². The fourth-order valence-corrected chi connectivity index (χ4v) is 5.14. The highest BCUT2D eigenvalue weighted by Gasteiger charge is 2.31. The predicted molar refractivity (Wildman–Crippen MR) is 75.5 cm³/mol. The van der Waals surface area contributed by atoms with Gasteiger partial charge in [0.25, 0.3) is 0 Å². The van der Waals surface area contributed by atoms with Crippen LogP contribution in [0.5, 0.6) is 0 Å². The molecule has 0 fully saturated rings. The van der Waals surface area contributed by atoms with Crippen LogP contribution in [0.4, 0.5) is 0 Å². The molecule has 0 saturated carbocycles. The summed E-state index contributed by atoms with van der Waals surface area (Å²) in [5.74, 6) is 0. The number of hydrogen-bond acceptors (Lipinski definition) is 1. The van der Waals surface area contributed by atoms with Gasteiger partial charge >= 0.3 is 0 Å². The monoisotopic (exact) mass is 235 g/mol. The van der Waals surface area contributed by atoms with E-state index in [0.29, 0.717) is 5.67 Å². The molecule has 0 spiro atoms. The minimum Gasteiger partial charge on any atom is -0.300 e. The highest BCUT2D eigenvalue weighted by molar-refractivity contribution is 6.77. The second-order valence-electron chi connectivity index (χ2n) is 5.40. The molecule has 0 aliphatic carbocycles. The molecule has 0 N–H and O–H groups in total. The molecule has 1 nitrogen and oxygen atoms in total. The zero-order chi connectivity index (χ0) is 12.2. The third kappa shape index (κ3) is 3.19. The van der Waals surface area contributed by atoms with Crippen molar-refractivity contribution >= 4 is 8.07 Å². The smallest absolute Gasteiger partial charge is 0.0694 e. The van der Waals surface area contributed by atoms with Crippen LogP contribution in [0.2, 0.25) is 19.6 Å². The van der Waals surface area contributed by atoms with Crippen LogP contribution >= 0.6 is 0 Å². The molecule has 90 valence electrons. The summed E-state index contributed by atoms with van der Waals surface area (Å²) in [6, 6.07) is 11.0. The van der Waals surface area contributed by atoms with Crippen molar-refractivity contribution in [2.24, 2.45) is 0 Å². The van der Waals surface area contributed by atoms with Gasteiger partial charge in [0, 0.05) is 5.67 Å². The first kappa shape index (κ1) is 13.5. The van der Waals surface area contributed by atoms with Crippen LogP contribution in [-0.4, -0.2) is 26.1 Å². The Morgan fingerprint density at radius 1 is 1.00 bits per heavy atom. The van der Waals surface area contributed by atoms with E-state index in [9.17, 15) is 0 Å². The summed E-state index contributed by atoms with van der Waals surface area (Å²) < 4.78 is 0. The van der Waals surface area contributed by atoms with Crippen molar-refractivity contribution in [3.8, 4) is 0 Å². The Hall–Kier alpha value is -0.603. The Morgan fingerprint density at radius 3 is 1.88 bits per heavy atom. The molecule has 1 unspecified atom stereocenters. The SMILES string of the molecule is CCN(CC)C(c1ccccc1)[Si](C)(C)C. The van der Waals surface area contributed by atoms with Crippen molar-refractivity contribution in [2.75, 3.05) is 13.1 Å². The normalized spacial score (nSPS) is 14.1. The molecule has 0 heterocycles. The Bertz CT molecular complexity index is 298. The lowest BCUT2D eigenvalue weighted by Crippen LogP contribution is -2.43. The highest BCUT2D eigenvalue weighted by atomic mass is 28.3. The lowest BCUT2D eigenvalue weighted by molar-refractivity contribution is 0.273. The highest BCUT2D eigenvalue weighted by Crippen LogP contribution is 2.30. The lowest BCUT2D eigenvalue weighted by atomic mass is 10.2. The largest absolute Gasteiger partial charge is 0.300 e. The maximum atomic E-state index is 2.60. The molecule has 0 aromatic heterocycles. The molecule has 1 atom stereocenters. The molecule has 0 radical (unpaired) electrons. The van der Waals surface area contributed by atoms with E-state index in [1.807, 2.05) is 0 Å². The van der Waals surface area contributed by atoms with Crippen molar-refractivity contribution in [2.45, 2.75) is 39.2 Å². The summed E-state index contributed by atoms with van der Waals surface area (Å²) >= 11 is 0. The van der Waals surface area contributed by atoms with Gasteiger partial charge in [-0.25, -0.2) is 0 Å². The van der Waals surface area contributed by atoms with E-state index in [1.54, 1.807) is 0 Å². The zero-order valence-corrected chi connectivity index (χ0v) is 12.3. The summed E-state index contributed by atoms with van der Waals surface area (Å²) in [6.45, 7) is 14.2. The second-order valence-corrected chi connectivity index (χ2v) is 10.7. The van der Waals surface area contributed by atoms with E-state index in [2.05, 4.69) is 68.7 Å². The third-order valence-electron chi connectivity index (χ3n) is 3.11. The van der Waals surface area contributed by atoms with Gasteiger partial charge in [-0.15, -0.1) is 0 Å². The van der Waals surface area contributed by atoms with E-state index in [4.69, 9.17) is 0 Å². The molecule has 0 aliphatic heterocycles. The Morgan fingerprint density at radius 2 is 1.50 bits per heavy atom. The van der Waals surface area contributed by atoms with Crippen LogP contribution < -0.4 is 0 Å². The van der Waals surface area contributed by atoms with Gasteiger partial charge in [-0.2, -0.15) is 0 Å². The Balaban J connectivity index is 3.06. The maximum absolute atomic E-state index is 2.60. The maximum Gasteiger partial charge on any atom is 0.0694 e. The van der Waals surface area contributed by atoms with E-state index in [-0.39, 0.29) is 0 Å². The first-order valence-corrected chi connectivity index (χ1v) is 9.87. The van der Waals surface area contributed by atoms with E-state index in [0.717, 1.165) is 13.1 Å². The summed E-state index contributed by atoms with van der Waals surface area (Å²) in [5, 5.41) is 0. The molecule has 0 bridgehead atoms. The molecular formula is C14H25NSi. The first-order valence-electron chi connectivity index (χ1n) is 6.29. The van der Waals surface area contributed by atoms with Gasteiger partial charge in [0.15, 0.2) is 0 Å². The van der Waals surface area contributed by atoms with Crippen molar-refractivity contribution in [3.63, 3.8) is 0 Å². The minimum atomic E-state index is -1.21. The van der Waals surface area contributed by atoms with Gasteiger partial charge in [0.2, 0.25) is 0 Å². The quantitative estimate of drug-likeness (QED) is 0.699. The van der Waals surface area contributed by atoms with Crippen LogP contribution in [0.3, 0.4) is 0 Å². The number of nitrogens with zero attached hydrogens (tertiary/aromatic N) is 1. The van der Waals surface area contributed by atoms with Gasteiger partial charge in [-0.05, 0) is 18.7 Å². The fourth-order valence-electron chi connectivity index (χ4n) is 2.48. The molecule has 1 rings (SSSR count). The fraction of sp³-hybridized carbons (Fsp3) is 0.571. The van der Waals surface area contributed by atoms with Crippen LogP contribution in [0.1, 0.15) is 25.1 Å². The second kappa shape index (κ2) is 5.64. The lowest BCUT2D eigenvalue weighted by Gasteiger charge is -2.38. The summed E-state index contributed by atoms with van der Waals surface area (Å²) in [7, 11) is -1.21. The molecule has 16 heavy (non-hydrogen) atoms. The zero-order valence-electron chi connectivity index (χ0n) is 11.3. The summed E-state index contributed by atoms with van der Waals surface area (Å²) in [4.78, 5) is 2.60. The Kier molecular flexibility index (Phi) is 4.75. The van der Waals surface area contributed by atoms with E-state index in [1.165, 1.54) is 5.56 Å². The van der Waals surface area contributed by atoms with E-state index >= 15 is 0 Å². The predicted octanol–water partition coefficient (Wildman–Crippen LogP) is 3.95. The number of benzene rings is 1. The van der Waals surface area contributed by atoms with Gasteiger partial charge in [-0.3, -0.25) is 4.90 Å². The molecule has 0 amide bonds. The molecule has 2 heteroatoms. The first-order chi connectivity index (χ1) is 7.50. The number of rotatable bonds is 5. The third-order valence-corrected chi connectivity index (χ3v) is 5.45. The van der Waals surface area contributed by atoms with Crippen molar-refractivity contribution in [1.82, 2.24) is 4.90 Å². The standard InChI is InChI=1S/C14H25NSi/c1-6-15(7-2)14(16(3,4)5)13-11-9-8-10-12-13/h8-12,14H,6-7H2,1-5H3. The molecule has 0 saturated heterocycles. The molecule has 0 aliphatic rings. The topological polar surface area (TPSA) is 3.24 Å². The van der Waals surface area contributed by atoms with Crippen LogP contribution in [-0.2, 0) is 0 Å². The average molecular weight is 235 g/mol. The van der Waals surface area contributed by atoms with Gasteiger partial charge < -0.3 is 0 Å². The van der Waals surface area contributed by atoms with Gasteiger partial charge in [0.05, 0.1) is 8.07 Å².